The Bertz CT molecular complexity index is 451. The van der Waals surface area contributed by atoms with Crippen LogP contribution < -0.4 is 10.1 Å². The first-order valence-electron chi connectivity index (χ1n) is 6.69. The quantitative estimate of drug-likeness (QED) is 0.882. The molecular formula is C15H21ClFNO. The average molecular weight is 286 g/mol. The monoisotopic (exact) mass is 285 g/mol. The minimum atomic E-state index is -0.434. The fraction of sp³-hybridized carbons (Fsp3) is 0.600. The van der Waals surface area contributed by atoms with Gasteiger partial charge >= 0.3 is 0 Å². The molecule has 1 aliphatic carbocycles. The maximum Gasteiger partial charge on any atom is 0.145 e. The topological polar surface area (TPSA) is 21.3 Å². The molecule has 0 saturated heterocycles. The van der Waals surface area contributed by atoms with Gasteiger partial charge < -0.3 is 10.1 Å². The molecule has 0 atom stereocenters. The highest BCUT2D eigenvalue weighted by Gasteiger charge is 2.50. The zero-order valence-electron chi connectivity index (χ0n) is 11.7. The highest BCUT2D eigenvalue weighted by atomic mass is 35.5. The van der Waals surface area contributed by atoms with Crippen molar-refractivity contribution in [1.29, 1.82) is 0 Å². The van der Waals surface area contributed by atoms with E-state index in [0.717, 1.165) is 19.3 Å². The summed E-state index contributed by atoms with van der Waals surface area (Å²) in [6.45, 7) is 5.02. The lowest BCUT2D eigenvalue weighted by atomic mass is 9.57. The Balaban J connectivity index is 1.91. The Hall–Kier alpha value is -0.800. The Labute approximate surface area is 119 Å². The molecule has 0 radical (unpaired) electrons. The van der Waals surface area contributed by atoms with Crippen molar-refractivity contribution in [2.24, 2.45) is 5.41 Å². The van der Waals surface area contributed by atoms with Crippen molar-refractivity contribution in [1.82, 2.24) is 5.32 Å². The number of nitrogens with one attached hydrogen (secondary N) is 1. The second kappa shape index (κ2) is 5.29. The van der Waals surface area contributed by atoms with Crippen molar-refractivity contribution in [3.05, 3.63) is 29.0 Å². The van der Waals surface area contributed by atoms with Gasteiger partial charge in [-0.3, -0.25) is 0 Å². The molecule has 1 aliphatic rings. The van der Waals surface area contributed by atoms with Gasteiger partial charge in [0.2, 0.25) is 0 Å². The molecule has 1 aromatic carbocycles. The Morgan fingerprint density at radius 2 is 2.11 bits per heavy atom. The van der Waals surface area contributed by atoms with Crippen LogP contribution in [0.4, 0.5) is 4.39 Å². The summed E-state index contributed by atoms with van der Waals surface area (Å²) in [5, 5.41) is 3.53. The predicted molar refractivity (Wildman–Crippen MR) is 76.3 cm³/mol. The van der Waals surface area contributed by atoms with E-state index in [1.165, 1.54) is 12.1 Å². The van der Waals surface area contributed by atoms with E-state index in [-0.39, 0.29) is 16.0 Å². The Kier molecular flexibility index (Phi) is 4.07. The van der Waals surface area contributed by atoms with Crippen LogP contribution in [-0.2, 0) is 0 Å². The van der Waals surface area contributed by atoms with E-state index in [2.05, 4.69) is 19.2 Å². The number of ether oxygens (including phenoxy) is 1. The van der Waals surface area contributed by atoms with Crippen molar-refractivity contribution >= 4 is 11.6 Å². The van der Waals surface area contributed by atoms with Gasteiger partial charge in [0.05, 0.1) is 11.6 Å². The van der Waals surface area contributed by atoms with Crippen molar-refractivity contribution in [2.45, 2.75) is 38.6 Å². The molecule has 0 spiro atoms. The van der Waals surface area contributed by atoms with Gasteiger partial charge in [0, 0.05) is 17.0 Å². The fourth-order valence-corrected chi connectivity index (χ4v) is 3.23. The number of hydrogen-bond donors (Lipinski definition) is 1. The summed E-state index contributed by atoms with van der Waals surface area (Å²) < 4.78 is 19.0. The normalized spacial score (nSPS) is 29.9. The van der Waals surface area contributed by atoms with Gasteiger partial charge in [0.25, 0.3) is 0 Å². The molecule has 4 heteroatoms. The molecule has 0 bridgehead atoms. The van der Waals surface area contributed by atoms with Crippen LogP contribution in [0.1, 0.15) is 33.1 Å². The zero-order valence-corrected chi connectivity index (χ0v) is 12.5. The van der Waals surface area contributed by atoms with E-state index in [0.29, 0.717) is 12.4 Å². The van der Waals surface area contributed by atoms with Gasteiger partial charge in [-0.2, -0.15) is 0 Å². The van der Waals surface area contributed by atoms with E-state index in [1.807, 2.05) is 7.05 Å². The van der Waals surface area contributed by atoms with Crippen molar-refractivity contribution < 1.29 is 9.13 Å². The standard InChI is InChI=1S/C15H21ClFNO/c1-4-15(18-3)8-14(2,9-15)10-19-11-5-6-12(16)13(17)7-11/h5-7,18H,4,8-10H2,1-3H3. The van der Waals surface area contributed by atoms with Crippen LogP contribution in [0.25, 0.3) is 0 Å². The number of rotatable bonds is 5. The summed E-state index contributed by atoms with van der Waals surface area (Å²) in [6, 6.07) is 4.58. The summed E-state index contributed by atoms with van der Waals surface area (Å²) >= 11 is 5.65. The van der Waals surface area contributed by atoms with E-state index in [9.17, 15) is 4.39 Å². The van der Waals surface area contributed by atoms with Crippen LogP contribution in [0.15, 0.2) is 18.2 Å². The molecular weight excluding hydrogens is 265 g/mol. The van der Waals surface area contributed by atoms with Gasteiger partial charge in [0.15, 0.2) is 0 Å². The molecule has 1 saturated carbocycles. The molecule has 1 aromatic rings. The van der Waals surface area contributed by atoms with Crippen LogP contribution in [0.3, 0.4) is 0 Å². The molecule has 19 heavy (non-hydrogen) atoms. The summed E-state index contributed by atoms with van der Waals surface area (Å²) in [6.07, 6.45) is 3.29. The second-order valence-corrected chi connectivity index (χ2v) is 6.32. The molecule has 2 rings (SSSR count). The van der Waals surface area contributed by atoms with E-state index < -0.39 is 5.82 Å². The summed E-state index contributed by atoms with van der Waals surface area (Å²) in [5.74, 6) is 0.109. The van der Waals surface area contributed by atoms with Gasteiger partial charge in [0.1, 0.15) is 11.6 Å². The summed E-state index contributed by atoms with van der Waals surface area (Å²) in [7, 11) is 2.01. The molecule has 0 unspecified atom stereocenters. The lowest BCUT2D eigenvalue weighted by Gasteiger charge is -2.54. The first-order chi connectivity index (χ1) is 8.92. The van der Waals surface area contributed by atoms with Crippen LogP contribution in [-0.4, -0.2) is 19.2 Å². The van der Waals surface area contributed by atoms with Crippen LogP contribution in [0, 0.1) is 11.2 Å². The van der Waals surface area contributed by atoms with E-state index in [1.54, 1.807) is 6.07 Å². The van der Waals surface area contributed by atoms with Crippen molar-refractivity contribution in [3.63, 3.8) is 0 Å². The Morgan fingerprint density at radius 1 is 1.42 bits per heavy atom. The number of benzene rings is 1. The van der Waals surface area contributed by atoms with E-state index >= 15 is 0 Å². The lowest BCUT2D eigenvalue weighted by Crippen LogP contribution is -2.59. The first-order valence-corrected chi connectivity index (χ1v) is 7.07. The molecule has 1 N–H and O–H groups in total. The minimum Gasteiger partial charge on any atom is -0.493 e. The maximum atomic E-state index is 13.3. The molecule has 0 aromatic heterocycles. The van der Waals surface area contributed by atoms with Crippen molar-refractivity contribution in [2.75, 3.05) is 13.7 Å². The smallest absolute Gasteiger partial charge is 0.145 e. The molecule has 1 fully saturated rings. The highest BCUT2D eigenvalue weighted by Crippen LogP contribution is 2.49. The summed E-state index contributed by atoms with van der Waals surface area (Å²) in [5.41, 5.74) is 0.415. The first kappa shape index (κ1) is 14.6. The average Bonchev–Trinajstić information content (AvgIpc) is 2.37. The molecule has 0 amide bonds. The SMILES string of the molecule is CCC1(NC)CC(C)(COc2ccc(Cl)c(F)c2)C1. The van der Waals surface area contributed by atoms with Gasteiger partial charge in [-0.25, -0.2) is 4.39 Å². The molecule has 0 aliphatic heterocycles. The zero-order chi connectivity index (χ0) is 14.1. The molecule has 0 heterocycles. The predicted octanol–water partition coefficient (Wildman–Crippen LogP) is 4.03. The van der Waals surface area contributed by atoms with Crippen LogP contribution in [0.5, 0.6) is 5.75 Å². The third kappa shape index (κ3) is 3.03. The Morgan fingerprint density at radius 3 is 2.63 bits per heavy atom. The van der Waals surface area contributed by atoms with Crippen molar-refractivity contribution in [3.8, 4) is 5.75 Å². The number of hydrogen-bond acceptors (Lipinski definition) is 2. The second-order valence-electron chi connectivity index (χ2n) is 5.91. The van der Waals surface area contributed by atoms with Gasteiger partial charge in [-0.15, -0.1) is 0 Å². The van der Waals surface area contributed by atoms with Crippen LogP contribution in [0.2, 0.25) is 5.02 Å². The van der Waals surface area contributed by atoms with Gasteiger partial charge in [-0.05, 0) is 38.4 Å². The fourth-order valence-electron chi connectivity index (χ4n) is 3.11. The third-order valence-corrected chi connectivity index (χ3v) is 4.52. The molecule has 106 valence electrons. The van der Waals surface area contributed by atoms with Crippen LogP contribution >= 0.6 is 11.6 Å². The van der Waals surface area contributed by atoms with Gasteiger partial charge in [-0.1, -0.05) is 25.4 Å². The highest BCUT2D eigenvalue weighted by molar-refractivity contribution is 6.30. The number of halogens is 2. The summed E-state index contributed by atoms with van der Waals surface area (Å²) in [4.78, 5) is 0. The maximum absolute atomic E-state index is 13.3. The molecule has 2 nitrogen and oxygen atoms in total. The van der Waals surface area contributed by atoms with E-state index in [4.69, 9.17) is 16.3 Å². The third-order valence-electron chi connectivity index (χ3n) is 4.22. The largest absolute Gasteiger partial charge is 0.493 e. The lowest BCUT2D eigenvalue weighted by molar-refractivity contribution is -0.0184. The minimum absolute atomic E-state index is 0.127.